The van der Waals surface area contributed by atoms with Crippen molar-refractivity contribution < 1.29 is 17.6 Å². The second kappa shape index (κ2) is 5.63. The molecule has 0 saturated carbocycles. The van der Waals surface area contributed by atoms with Gasteiger partial charge in [0.25, 0.3) is 5.91 Å². The van der Waals surface area contributed by atoms with Crippen molar-refractivity contribution in [2.24, 2.45) is 7.05 Å². The van der Waals surface area contributed by atoms with E-state index in [0.29, 0.717) is 24.0 Å². The molecule has 1 amide bonds. The third-order valence-corrected chi connectivity index (χ3v) is 6.22. The van der Waals surface area contributed by atoms with Crippen LogP contribution in [0.2, 0.25) is 0 Å². The van der Waals surface area contributed by atoms with Crippen LogP contribution in [-0.2, 0) is 16.9 Å². The summed E-state index contributed by atoms with van der Waals surface area (Å²) in [6, 6.07) is 5.76. The number of carbonyl (C=O) groups is 1. The highest BCUT2D eigenvalue weighted by Crippen LogP contribution is 2.24. The van der Waals surface area contributed by atoms with E-state index < -0.39 is 9.84 Å². The number of hydrogen-bond donors (Lipinski definition) is 0. The predicted molar refractivity (Wildman–Crippen MR) is 86.6 cm³/mol. The first-order valence-electron chi connectivity index (χ1n) is 7.59. The predicted octanol–water partition coefficient (Wildman–Crippen LogP) is 1.97. The van der Waals surface area contributed by atoms with Crippen molar-refractivity contribution in [1.29, 1.82) is 0 Å². The van der Waals surface area contributed by atoms with Gasteiger partial charge in [-0.15, -0.1) is 0 Å². The van der Waals surface area contributed by atoms with Gasteiger partial charge in [0, 0.05) is 30.5 Å². The maximum Gasteiger partial charge on any atom is 0.270 e. The van der Waals surface area contributed by atoms with E-state index in [1.165, 1.54) is 12.1 Å². The number of rotatable bonds is 3. The van der Waals surface area contributed by atoms with Crippen LogP contribution in [0.1, 0.15) is 23.8 Å². The zero-order valence-corrected chi connectivity index (χ0v) is 13.9. The molecule has 1 fully saturated rings. The van der Waals surface area contributed by atoms with Gasteiger partial charge in [-0.3, -0.25) is 4.79 Å². The molecule has 2 heterocycles. The third kappa shape index (κ3) is 2.85. The topological polar surface area (TPSA) is 59.4 Å². The Morgan fingerprint density at radius 1 is 1.39 bits per heavy atom. The minimum Gasteiger partial charge on any atom is -0.340 e. The van der Waals surface area contributed by atoms with Gasteiger partial charge < -0.3 is 9.47 Å². The summed E-state index contributed by atoms with van der Waals surface area (Å²) in [5.74, 6) is -0.419. The fraction of sp³-hybridized carbons (Fsp3) is 0.438. The Morgan fingerprint density at radius 2 is 2.13 bits per heavy atom. The molecule has 0 N–H and O–H groups in total. The molecule has 23 heavy (non-hydrogen) atoms. The van der Waals surface area contributed by atoms with Crippen LogP contribution in [0, 0.1) is 5.82 Å². The fourth-order valence-electron chi connectivity index (χ4n) is 3.26. The number of aromatic nitrogens is 1. The number of hydrogen-bond acceptors (Lipinski definition) is 3. The molecule has 3 rings (SSSR count). The SMILES string of the molecule is CCN(C(=O)c1cc2cc(F)ccc2n1C)C1CCS(=O)(=O)C1. The Kier molecular flexibility index (Phi) is 3.91. The van der Waals surface area contributed by atoms with Crippen molar-refractivity contribution in [3.63, 3.8) is 0 Å². The van der Waals surface area contributed by atoms with E-state index >= 15 is 0 Å². The Hall–Kier alpha value is -1.89. The summed E-state index contributed by atoms with van der Waals surface area (Å²) in [6.07, 6.45) is 0.473. The van der Waals surface area contributed by atoms with Gasteiger partial charge in [0.15, 0.2) is 9.84 Å². The molecule has 1 aromatic heterocycles. The van der Waals surface area contributed by atoms with Crippen LogP contribution in [0.15, 0.2) is 24.3 Å². The van der Waals surface area contributed by atoms with Gasteiger partial charge in [0.05, 0.1) is 11.5 Å². The normalized spacial score (nSPS) is 20.0. The van der Waals surface area contributed by atoms with E-state index in [-0.39, 0.29) is 29.3 Å². The van der Waals surface area contributed by atoms with Crippen LogP contribution < -0.4 is 0 Å². The molecule has 1 saturated heterocycles. The maximum atomic E-state index is 13.4. The maximum absolute atomic E-state index is 13.4. The average Bonchev–Trinajstić information content (AvgIpc) is 3.00. The Bertz CT molecular complexity index is 873. The van der Waals surface area contributed by atoms with Gasteiger partial charge in [-0.2, -0.15) is 0 Å². The summed E-state index contributed by atoms with van der Waals surface area (Å²) in [5, 5.41) is 0.658. The monoisotopic (exact) mass is 338 g/mol. The molecule has 1 aromatic carbocycles. The Morgan fingerprint density at radius 3 is 2.74 bits per heavy atom. The number of benzene rings is 1. The highest BCUT2D eigenvalue weighted by atomic mass is 32.2. The Balaban J connectivity index is 1.97. The number of nitrogens with zero attached hydrogens (tertiary/aromatic N) is 2. The van der Waals surface area contributed by atoms with Crippen LogP contribution in [0.4, 0.5) is 4.39 Å². The minimum absolute atomic E-state index is 0.0190. The zero-order valence-electron chi connectivity index (χ0n) is 13.1. The molecule has 0 spiro atoms. The highest BCUT2D eigenvalue weighted by Gasteiger charge is 2.35. The highest BCUT2D eigenvalue weighted by molar-refractivity contribution is 7.91. The first-order valence-corrected chi connectivity index (χ1v) is 9.41. The summed E-state index contributed by atoms with van der Waals surface area (Å²) in [5.41, 5.74) is 1.21. The van der Waals surface area contributed by atoms with Crippen molar-refractivity contribution in [2.45, 2.75) is 19.4 Å². The molecule has 0 radical (unpaired) electrons. The summed E-state index contributed by atoms with van der Waals surface area (Å²) in [7, 11) is -1.30. The summed E-state index contributed by atoms with van der Waals surface area (Å²) >= 11 is 0. The van der Waals surface area contributed by atoms with Gasteiger partial charge in [-0.05, 0) is 37.6 Å². The van der Waals surface area contributed by atoms with E-state index in [4.69, 9.17) is 0 Å². The zero-order chi connectivity index (χ0) is 16.8. The van der Waals surface area contributed by atoms with Gasteiger partial charge in [-0.1, -0.05) is 0 Å². The lowest BCUT2D eigenvalue weighted by Crippen LogP contribution is -2.41. The molecule has 1 unspecified atom stereocenters. The van der Waals surface area contributed by atoms with Crippen molar-refractivity contribution in [3.05, 3.63) is 35.8 Å². The standard InChI is InChI=1S/C16H19FN2O3S/c1-3-19(13-6-7-23(21,22)10-13)16(20)15-9-11-8-12(17)4-5-14(11)18(15)2/h4-5,8-9,13H,3,6-7,10H2,1-2H3. The quantitative estimate of drug-likeness (QED) is 0.860. The lowest BCUT2D eigenvalue weighted by molar-refractivity contribution is 0.0699. The van der Waals surface area contributed by atoms with Crippen LogP contribution in [0.25, 0.3) is 10.9 Å². The second-order valence-corrected chi connectivity index (χ2v) is 8.17. The molecule has 7 heteroatoms. The molecule has 1 aliphatic heterocycles. The summed E-state index contributed by atoms with van der Waals surface area (Å²) in [4.78, 5) is 14.5. The summed E-state index contributed by atoms with van der Waals surface area (Å²) in [6.45, 7) is 2.28. The molecule has 5 nitrogen and oxygen atoms in total. The van der Waals surface area contributed by atoms with Crippen LogP contribution >= 0.6 is 0 Å². The number of aryl methyl sites for hydroxylation is 1. The van der Waals surface area contributed by atoms with Crippen molar-refractivity contribution >= 4 is 26.6 Å². The number of fused-ring (bicyclic) bond motifs is 1. The fourth-order valence-corrected chi connectivity index (χ4v) is 4.99. The number of carbonyl (C=O) groups excluding carboxylic acids is 1. The van der Waals surface area contributed by atoms with Crippen LogP contribution in [0.5, 0.6) is 0 Å². The van der Waals surface area contributed by atoms with E-state index in [1.54, 1.807) is 28.6 Å². The van der Waals surface area contributed by atoms with Crippen LogP contribution in [-0.4, -0.2) is 47.9 Å². The molecule has 0 aliphatic carbocycles. The first kappa shape index (κ1) is 16.0. The van der Waals surface area contributed by atoms with Crippen molar-refractivity contribution in [1.82, 2.24) is 9.47 Å². The van der Waals surface area contributed by atoms with Gasteiger partial charge >= 0.3 is 0 Å². The first-order chi connectivity index (χ1) is 10.8. The molecule has 2 aromatic rings. The molecule has 0 bridgehead atoms. The summed E-state index contributed by atoms with van der Waals surface area (Å²) < 4.78 is 38.5. The lowest BCUT2D eigenvalue weighted by atomic mass is 10.2. The van der Waals surface area contributed by atoms with E-state index in [0.717, 1.165) is 5.52 Å². The van der Waals surface area contributed by atoms with Crippen LogP contribution in [0.3, 0.4) is 0 Å². The van der Waals surface area contributed by atoms with Crippen molar-refractivity contribution in [3.8, 4) is 0 Å². The molecule has 1 atom stereocenters. The largest absolute Gasteiger partial charge is 0.340 e. The number of halogens is 1. The van der Waals surface area contributed by atoms with Gasteiger partial charge in [0.1, 0.15) is 11.5 Å². The van der Waals surface area contributed by atoms with Gasteiger partial charge in [-0.25, -0.2) is 12.8 Å². The smallest absolute Gasteiger partial charge is 0.270 e. The average molecular weight is 338 g/mol. The molecule has 1 aliphatic rings. The second-order valence-electron chi connectivity index (χ2n) is 5.94. The van der Waals surface area contributed by atoms with E-state index in [9.17, 15) is 17.6 Å². The van der Waals surface area contributed by atoms with E-state index in [1.807, 2.05) is 6.92 Å². The third-order valence-electron chi connectivity index (χ3n) is 4.47. The molecular formula is C16H19FN2O3S. The lowest BCUT2D eigenvalue weighted by Gasteiger charge is -2.27. The van der Waals surface area contributed by atoms with E-state index in [2.05, 4.69) is 0 Å². The molecular weight excluding hydrogens is 319 g/mol. The molecule has 124 valence electrons. The Labute approximate surface area is 134 Å². The number of sulfone groups is 1. The number of amides is 1. The minimum atomic E-state index is -3.06. The van der Waals surface area contributed by atoms with Gasteiger partial charge in [0.2, 0.25) is 0 Å². The van der Waals surface area contributed by atoms with Crippen molar-refractivity contribution in [2.75, 3.05) is 18.1 Å².